The molecule has 1 aliphatic rings. The summed E-state index contributed by atoms with van der Waals surface area (Å²) in [6.07, 6.45) is 2.97. The van der Waals surface area contributed by atoms with Crippen molar-refractivity contribution in [3.63, 3.8) is 0 Å². The van der Waals surface area contributed by atoms with Gasteiger partial charge in [0.05, 0.1) is 17.9 Å². The number of fused-ring (bicyclic) bond motifs is 1. The quantitative estimate of drug-likeness (QED) is 0.682. The summed E-state index contributed by atoms with van der Waals surface area (Å²) in [5, 5.41) is 3.20. The number of nitrogens with two attached hydrogens (primary N) is 1. The van der Waals surface area contributed by atoms with Gasteiger partial charge in [0.25, 0.3) is 0 Å². The number of pyridine rings is 2. The maximum absolute atomic E-state index is 12.6. The lowest BCUT2D eigenvalue weighted by Crippen LogP contribution is -2.37. The van der Waals surface area contributed by atoms with Crippen LogP contribution in [0.25, 0.3) is 0 Å². The van der Waals surface area contributed by atoms with Crippen molar-refractivity contribution in [1.82, 2.24) is 9.97 Å². The number of carbonyl (C=O) groups is 1. The number of anilines is 2. The summed E-state index contributed by atoms with van der Waals surface area (Å²) in [7, 11) is 0. The second-order valence-electron chi connectivity index (χ2n) is 6.45. The Morgan fingerprint density at radius 1 is 1.11 bits per heavy atom. The number of nitrogen functional groups attached to an aromatic ring is 1. The Kier molecular flexibility index (Phi) is 5.05. The molecular formula is C21H20N4O3. The molecule has 1 aliphatic heterocycles. The van der Waals surface area contributed by atoms with E-state index in [1.54, 1.807) is 18.5 Å². The van der Waals surface area contributed by atoms with E-state index in [0.717, 1.165) is 16.9 Å². The molecule has 7 heteroatoms. The van der Waals surface area contributed by atoms with E-state index in [4.69, 9.17) is 15.2 Å². The van der Waals surface area contributed by atoms with Crippen molar-refractivity contribution >= 4 is 17.3 Å². The number of ketones is 1. The standard InChI is InChI=1S/C21H20N4O3/c22-21-16(4-3-8-24-21)25-12-15-10-14(7-9-23-15)11-17(26)20-13-27-18-5-1-2-6-19(18)28-20/h1-10,20,25H,11-13H2,(H2,22,24). The first-order valence-electron chi connectivity index (χ1n) is 8.98. The van der Waals surface area contributed by atoms with Crippen molar-refractivity contribution in [2.75, 3.05) is 17.7 Å². The van der Waals surface area contributed by atoms with Crippen LogP contribution >= 0.6 is 0 Å². The van der Waals surface area contributed by atoms with Crippen molar-refractivity contribution in [3.05, 3.63) is 72.2 Å². The Hall–Kier alpha value is -3.61. The minimum absolute atomic E-state index is 0.0314. The Labute approximate surface area is 162 Å². The molecule has 7 nitrogen and oxygen atoms in total. The molecule has 0 bridgehead atoms. The third-order valence-corrected chi connectivity index (χ3v) is 4.43. The average molecular weight is 376 g/mol. The second kappa shape index (κ2) is 7.96. The van der Waals surface area contributed by atoms with Crippen LogP contribution in [0.3, 0.4) is 0 Å². The molecule has 0 saturated heterocycles. The molecule has 3 heterocycles. The lowest BCUT2D eigenvalue weighted by Gasteiger charge is -2.25. The number of rotatable bonds is 6. The summed E-state index contributed by atoms with van der Waals surface area (Å²) in [5.74, 6) is 1.67. The molecule has 0 aliphatic carbocycles. The summed E-state index contributed by atoms with van der Waals surface area (Å²) in [6.45, 7) is 0.698. The van der Waals surface area contributed by atoms with Gasteiger partial charge in [-0.15, -0.1) is 0 Å². The highest BCUT2D eigenvalue weighted by atomic mass is 16.6. The van der Waals surface area contributed by atoms with Crippen LogP contribution in [0.2, 0.25) is 0 Å². The number of hydrogen-bond donors (Lipinski definition) is 2. The van der Waals surface area contributed by atoms with Crippen molar-refractivity contribution in [1.29, 1.82) is 0 Å². The highest BCUT2D eigenvalue weighted by molar-refractivity contribution is 5.86. The molecule has 1 aromatic carbocycles. The van der Waals surface area contributed by atoms with Crippen LogP contribution in [0.1, 0.15) is 11.3 Å². The third-order valence-electron chi connectivity index (χ3n) is 4.43. The van der Waals surface area contributed by atoms with E-state index in [0.29, 0.717) is 23.9 Å². The molecule has 28 heavy (non-hydrogen) atoms. The number of nitrogens with one attached hydrogen (secondary N) is 1. The maximum atomic E-state index is 12.6. The van der Waals surface area contributed by atoms with Crippen molar-refractivity contribution in [2.45, 2.75) is 19.1 Å². The minimum Gasteiger partial charge on any atom is -0.485 e. The largest absolute Gasteiger partial charge is 0.485 e. The molecule has 0 saturated carbocycles. The third kappa shape index (κ3) is 4.03. The van der Waals surface area contributed by atoms with Crippen LogP contribution in [0.4, 0.5) is 11.5 Å². The number of benzene rings is 1. The topological polar surface area (TPSA) is 99.4 Å². The van der Waals surface area contributed by atoms with Crippen LogP contribution in [-0.2, 0) is 17.8 Å². The number of nitrogens with zero attached hydrogens (tertiary/aromatic N) is 2. The highest BCUT2D eigenvalue weighted by Crippen LogP contribution is 2.31. The lowest BCUT2D eigenvalue weighted by molar-refractivity contribution is -0.127. The van der Waals surface area contributed by atoms with Gasteiger partial charge in [0, 0.05) is 18.8 Å². The van der Waals surface area contributed by atoms with Crippen molar-refractivity contribution in [3.8, 4) is 11.5 Å². The zero-order valence-corrected chi connectivity index (χ0v) is 15.2. The maximum Gasteiger partial charge on any atom is 0.191 e. The van der Waals surface area contributed by atoms with E-state index in [9.17, 15) is 4.79 Å². The molecular weight excluding hydrogens is 356 g/mol. The molecule has 0 amide bonds. The van der Waals surface area contributed by atoms with Crippen LogP contribution in [0, 0.1) is 0 Å². The van der Waals surface area contributed by atoms with E-state index < -0.39 is 6.10 Å². The Balaban J connectivity index is 1.38. The van der Waals surface area contributed by atoms with Crippen LogP contribution < -0.4 is 20.5 Å². The molecule has 3 aromatic rings. The summed E-state index contributed by atoms with van der Waals surface area (Å²) in [6, 6.07) is 14.7. The Bertz CT molecular complexity index is 993. The predicted molar refractivity (Wildman–Crippen MR) is 105 cm³/mol. The number of aromatic nitrogens is 2. The van der Waals surface area contributed by atoms with Gasteiger partial charge < -0.3 is 20.5 Å². The molecule has 0 spiro atoms. The summed E-state index contributed by atoms with van der Waals surface area (Å²) < 4.78 is 11.4. The van der Waals surface area contributed by atoms with Gasteiger partial charge in [-0.3, -0.25) is 9.78 Å². The van der Waals surface area contributed by atoms with Crippen molar-refractivity contribution in [2.24, 2.45) is 0 Å². The second-order valence-corrected chi connectivity index (χ2v) is 6.45. The zero-order valence-electron chi connectivity index (χ0n) is 15.2. The fourth-order valence-corrected chi connectivity index (χ4v) is 2.98. The first-order valence-corrected chi connectivity index (χ1v) is 8.98. The summed E-state index contributed by atoms with van der Waals surface area (Å²) >= 11 is 0. The Morgan fingerprint density at radius 3 is 2.82 bits per heavy atom. The SMILES string of the molecule is Nc1ncccc1NCc1cc(CC(=O)C2COc3ccccc3O2)ccn1. The molecule has 3 N–H and O–H groups in total. The summed E-state index contributed by atoms with van der Waals surface area (Å²) in [4.78, 5) is 21.0. The van der Waals surface area contributed by atoms with E-state index in [-0.39, 0.29) is 18.8 Å². The molecule has 142 valence electrons. The first-order chi connectivity index (χ1) is 13.7. The number of para-hydroxylation sites is 2. The number of ether oxygens (including phenoxy) is 2. The lowest BCUT2D eigenvalue weighted by atomic mass is 10.1. The van der Waals surface area contributed by atoms with Gasteiger partial charge in [0.2, 0.25) is 0 Å². The fraction of sp³-hybridized carbons (Fsp3) is 0.190. The van der Waals surface area contributed by atoms with E-state index in [1.807, 2.05) is 42.5 Å². The van der Waals surface area contributed by atoms with Gasteiger partial charge >= 0.3 is 0 Å². The van der Waals surface area contributed by atoms with Gasteiger partial charge in [-0.2, -0.15) is 0 Å². The molecule has 4 rings (SSSR count). The summed E-state index contributed by atoms with van der Waals surface area (Å²) in [5.41, 5.74) is 8.26. The van der Waals surface area contributed by atoms with Gasteiger partial charge in [0.15, 0.2) is 23.4 Å². The van der Waals surface area contributed by atoms with Gasteiger partial charge in [-0.25, -0.2) is 4.98 Å². The average Bonchev–Trinajstić information content (AvgIpc) is 2.73. The number of Topliss-reactive ketones (excluding diaryl/α,β-unsaturated/α-hetero) is 1. The predicted octanol–water partition coefficient (Wildman–Crippen LogP) is 2.62. The van der Waals surface area contributed by atoms with Crippen LogP contribution in [0.5, 0.6) is 11.5 Å². The molecule has 2 aromatic heterocycles. The smallest absolute Gasteiger partial charge is 0.191 e. The number of hydrogen-bond acceptors (Lipinski definition) is 7. The van der Waals surface area contributed by atoms with E-state index in [2.05, 4.69) is 15.3 Å². The van der Waals surface area contributed by atoms with E-state index in [1.165, 1.54) is 0 Å². The Morgan fingerprint density at radius 2 is 1.96 bits per heavy atom. The van der Waals surface area contributed by atoms with Gasteiger partial charge in [-0.1, -0.05) is 12.1 Å². The van der Waals surface area contributed by atoms with Gasteiger partial charge in [-0.05, 0) is 42.0 Å². The van der Waals surface area contributed by atoms with Crippen LogP contribution in [-0.4, -0.2) is 28.5 Å². The fourth-order valence-electron chi connectivity index (χ4n) is 2.98. The highest BCUT2D eigenvalue weighted by Gasteiger charge is 2.27. The van der Waals surface area contributed by atoms with Crippen LogP contribution in [0.15, 0.2) is 60.9 Å². The molecule has 1 atom stereocenters. The number of carbonyl (C=O) groups excluding carboxylic acids is 1. The monoisotopic (exact) mass is 376 g/mol. The zero-order chi connectivity index (χ0) is 19.3. The van der Waals surface area contributed by atoms with E-state index >= 15 is 0 Å². The van der Waals surface area contributed by atoms with Gasteiger partial charge in [0.1, 0.15) is 12.4 Å². The minimum atomic E-state index is -0.611. The molecule has 0 radical (unpaired) electrons. The normalized spacial score (nSPS) is 15.1. The molecule has 0 fully saturated rings. The molecule has 1 unspecified atom stereocenters. The first kappa shape index (κ1) is 17.8. The van der Waals surface area contributed by atoms with Crippen molar-refractivity contribution < 1.29 is 14.3 Å².